The molecule has 0 saturated carbocycles. The minimum atomic E-state index is -1.66. The topological polar surface area (TPSA) is 104 Å². The standard InChI is InChI=1S/C21H25N7O2S2/c1-14(15-3-4-18-17(9-15)24-13-31-18)27-7-5-21(6-8-27)12-28(20(29)25-21)19-22-10-16(11-23-19)26-32(2)30/h3-4,9-11,13-14,32H,5-8,12H2,1-2H3,(H,25,29)/t14-/m1/s1. The minimum Gasteiger partial charge on any atom is -0.330 e. The Morgan fingerprint density at radius 3 is 2.69 bits per heavy atom. The quantitative estimate of drug-likeness (QED) is 0.567. The summed E-state index contributed by atoms with van der Waals surface area (Å²) >= 11 is 1.66. The van der Waals surface area contributed by atoms with E-state index in [1.165, 1.54) is 28.9 Å². The van der Waals surface area contributed by atoms with E-state index in [0.29, 0.717) is 18.2 Å². The second-order valence-electron chi connectivity index (χ2n) is 8.39. The van der Waals surface area contributed by atoms with Gasteiger partial charge in [0.15, 0.2) is 0 Å². The fourth-order valence-corrected chi connectivity index (χ4v) is 5.59. The fraction of sp³-hybridized carbons (Fsp3) is 0.429. The summed E-state index contributed by atoms with van der Waals surface area (Å²) in [6.07, 6.45) is 6.25. The number of fused-ring (bicyclic) bond motifs is 1. The molecule has 1 spiro atoms. The van der Waals surface area contributed by atoms with E-state index in [0.717, 1.165) is 31.4 Å². The van der Waals surface area contributed by atoms with Crippen molar-refractivity contribution < 1.29 is 9.00 Å². The molecule has 168 valence electrons. The van der Waals surface area contributed by atoms with Gasteiger partial charge < -0.3 is 5.32 Å². The Labute approximate surface area is 192 Å². The molecule has 9 nitrogen and oxygen atoms in total. The zero-order valence-electron chi connectivity index (χ0n) is 17.9. The Morgan fingerprint density at radius 2 is 1.97 bits per heavy atom. The fourth-order valence-electron chi connectivity index (χ4n) is 4.51. The normalized spacial score (nSPS) is 20.7. The first-order chi connectivity index (χ1) is 15.4. The van der Waals surface area contributed by atoms with E-state index in [4.69, 9.17) is 0 Å². The van der Waals surface area contributed by atoms with Crippen molar-refractivity contribution in [1.29, 1.82) is 0 Å². The van der Waals surface area contributed by atoms with Crippen LogP contribution in [0.2, 0.25) is 0 Å². The van der Waals surface area contributed by atoms with Crippen LogP contribution in [0.1, 0.15) is 31.4 Å². The average Bonchev–Trinajstić information content (AvgIpc) is 3.38. The van der Waals surface area contributed by atoms with Gasteiger partial charge in [0.1, 0.15) is 5.69 Å². The number of hydrogen-bond donors (Lipinski definition) is 2. The Bertz CT molecular complexity index is 1230. The summed E-state index contributed by atoms with van der Waals surface area (Å²) < 4.78 is 16.4. The van der Waals surface area contributed by atoms with Crippen molar-refractivity contribution in [3.05, 3.63) is 41.7 Å². The lowest BCUT2D eigenvalue weighted by Gasteiger charge is -2.41. The predicted octanol–water partition coefficient (Wildman–Crippen LogP) is 3.14. The number of piperidine rings is 1. The van der Waals surface area contributed by atoms with Crippen LogP contribution in [0.25, 0.3) is 10.2 Å². The van der Waals surface area contributed by atoms with Crippen molar-refractivity contribution in [1.82, 2.24) is 25.2 Å². The van der Waals surface area contributed by atoms with E-state index in [9.17, 15) is 9.00 Å². The first-order valence-corrected chi connectivity index (χ1v) is 13.1. The number of amides is 2. The molecule has 1 N–H and O–H groups in total. The third-order valence-corrected chi connectivity index (χ3v) is 7.66. The molecule has 2 amide bonds. The van der Waals surface area contributed by atoms with Crippen LogP contribution in [0.3, 0.4) is 0 Å². The summed E-state index contributed by atoms with van der Waals surface area (Å²) in [5.74, 6) is 0.344. The summed E-state index contributed by atoms with van der Waals surface area (Å²) in [7, 11) is -1.66. The summed E-state index contributed by atoms with van der Waals surface area (Å²) in [5, 5.41) is 3.19. The molecular weight excluding hydrogens is 446 g/mol. The maximum absolute atomic E-state index is 12.7. The zero-order chi connectivity index (χ0) is 22.3. The third-order valence-electron chi connectivity index (χ3n) is 6.34. The Balaban J connectivity index is 1.25. The lowest BCUT2D eigenvalue weighted by Crippen LogP contribution is -2.52. The summed E-state index contributed by atoms with van der Waals surface area (Å²) in [6, 6.07) is 6.64. The molecule has 5 rings (SSSR count). The van der Waals surface area contributed by atoms with Gasteiger partial charge in [-0.3, -0.25) is 14.0 Å². The van der Waals surface area contributed by atoms with Crippen LogP contribution >= 0.6 is 11.3 Å². The van der Waals surface area contributed by atoms with Gasteiger partial charge in [-0.15, -0.1) is 11.3 Å². The molecule has 1 unspecified atom stereocenters. The number of carbonyl (C=O) groups excluding carboxylic acids is 1. The first-order valence-electron chi connectivity index (χ1n) is 10.5. The zero-order valence-corrected chi connectivity index (χ0v) is 19.6. The van der Waals surface area contributed by atoms with Crippen molar-refractivity contribution in [2.45, 2.75) is 31.3 Å². The molecule has 3 aromatic rings. The number of urea groups is 1. The van der Waals surface area contributed by atoms with E-state index in [-0.39, 0.29) is 17.6 Å². The molecule has 32 heavy (non-hydrogen) atoms. The van der Waals surface area contributed by atoms with Gasteiger partial charge in [0.2, 0.25) is 5.95 Å². The largest absolute Gasteiger partial charge is 0.330 e. The number of thiazole rings is 1. The van der Waals surface area contributed by atoms with E-state index < -0.39 is 10.6 Å². The smallest absolute Gasteiger partial charge is 0.324 e. The highest BCUT2D eigenvalue weighted by Crippen LogP contribution is 2.34. The number of benzene rings is 1. The number of nitrogens with zero attached hydrogens (tertiary/aromatic N) is 6. The molecule has 0 radical (unpaired) electrons. The van der Waals surface area contributed by atoms with Crippen molar-refractivity contribution in [3.63, 3.8) is 0 Å². The molecule has 2 aromatic heterocycles. The SMILES string of the molecule is C[C@H](c1ccc2scnc2c1)N1CCC2(CC1)CN(c1ncc(/N=[SH](\C)=O)cn1)C(=O)N2. The summed E-state index contributed by atoms with van der Waals surface area (Å²) in [5.41, 5.74) is 4.38. The lowest BCUT2D eigenvalue weighted by molar-refractivity contribution is 0.121. The monoisotopic (exact) mass is 471 g/mol. The van der Waals surface area contributed by atoms with E-state index >= 15 is 0 Å². The highest BCUT2D eigenvalue weighted by molar-refractivity contribution is 7.74. The number of aromatic nitrogens is 3. The molecule has 2 saturated heterocycles. The van der Waals surface area contributed by atoms with Gasteiger partial charge in [-0.1, -0.05) is 6.07 Å². The van der Waals surface area contributed by atoms with Crippen molar-refractivity contribution >= 4 is 49.8 Å². The van der Waals surface area contributed by atoms with Crippen LogP contribution in [-0.4, -0.2) is 61.5 Å². The highest BCUT2D eigenvalue weighted by atomic mass is 32.2. The number of likely N-dealkylation sites (tertiary alicyclic amines) is 1. The molecular formula is C21H25N7O2S2. The van der Waals surface area contributed by atoms with Crippen LogP contribution in [0.4, 0.5) is 16.4 Å². The molecule has 1 aromatic carbocycles. The predicted molar refractivity (Wildman–Crippen MR) is 127 cm³/mol. The van der Waals surface area contributed by atoms with E-state index in [1.807, 2.05) is 5.51 Å². The number of carbonyl (C=O) groups is 1. The Hall–Kier alpha value is -2.63. The van der Waals surface area contributed by atoms with Crippen LogP contribution in [0.5, 0.6) is 0 Å². The van der Waals surface area contributed by atoms with Crippen LogP contribution < -0.4 is 10.2 Å². The number of rotatable bonds is 4. The molecule has 0 bridgehead atoms. The number of hydrogen-bond acceptors (Lipinski definition) is 8. The maximum atomic E-state index is 12.7. The second-order valence-corrected chi connectivity index (χ2v) is 10.4. The number of thiol groups is 1. The molecule has 4 heterocycles. The summed E-state index contributed by atoms with van der Waals surface area (Å²) in [4.78, 5) is 29.7. The molecule has 2 aliphatic rings. The lowest BCUT2D eigenvalue weighted by atomic mass is 9.87. The second kappa shape index (κ2) is 8.38. The van der Waals surface area contributed by atoms with Gasteiger partial charge in [0.05, 0.1) is 40.2 Å². The van der Waals surface area contributed by atoms with Crippen LogP contribution in [0.15, 0.2) is 40.5 Å². The van der Waals surface area contributed by atoms with E-state index in [2.05, 4.69) is 54.7 Å². The van der Waals surface area contributed by atoms with Crippen molar-refractivity contribution in [3.8, 4) is 0 Å². The number of anilines is 1. The Morgan fingerprint density at radius 1 is 1.22 bits per heavy atom. The van der Waals surface area contributed by atoms with Crippen LogP contribution in [-0.2, 0) is 10.6 Å². The average molecular weight is 472 g/mol. The van der Waals surface area contributed by atoms with Crippen molar-refractivity contribution in [2.75, 3.05) is 30.8 Å². The third kappa shape index (κ3) is 4.07. The molecule has 2 atom stereocenters. The van der Waals surface area contributed by atoms with Crippen LogP contribution in [0, 0.1) is 0 Å². The minimum absolute atomic E-state index is 0.174. The van der Waals surface area contributed by atoms with Gasteiger partial charge >= 0.3 is 6.03 Å². The first kappa shape index (κ1) is 21.2. The Kier molecular flexibility index (Phi) is 5.56. The summed E-state index contributed by atoms with van der Waals surface area (Å²) in [6.45, 7) is 4.56. The maximum Gasteiger partial charge on any atom is 0.324 e. The van der Waals surface area contributed by atoms with E-state index in [1.54, 1.807) is 16.2 Å². The van der Waals surface area contributed by atoms with Gasteiger partial charge in [0, 0.05) is 36.0 Å². The van der Waals surface area contributed by atoms with Gasteiger partial charge in [0.25, 0.3) is 0 Å². The molecule has 2 aliphatic heterocycles. The molecule has 0 aliphatic carbocycles. The van der Waals surface area contributed by atoms with Gasteiger partial charge in [-0.05, 0) is 37.5 Å². The molecule has 2 fully saturated rings. The highest BCUT2D eigenvalue weighted by Gasteiger charge is 2.46. The molecule has 11 heteroatoms. The van der Waals surface area contributed by atoms with Crippen molar-refractivity contribution in [2.24, 2.45) is 4.36 Å². The van der Waals surface area contributed by atoms with Gasteiger partial charge in [-0.25, -0.2) is 19.7 Å². The number of nitrogens with one attached hydrogen (secondary N) is 1. The van der Waals surface area contributed by atoms with Gasteiger partial charge in [-0.2, -0.15) is 4.36 Å².